The zero-order valence-corrected chi connectivity index (χ0v) is 18.4. The molecule has 0 aliphatic heterocycles. The van der Waals surface area contributed by atoms with Crippen molar-refractivity contribution in [3.8, 4) is 0 Å². The second-order valence-corrected chi connectivity index (χ2v) is 11.0. The normalized spacial score (nSPS) is 46.0. The highest BCUT2D eigenvalue weighted by molar-refractivity contribution is 5.69. The molecule has 4 aliphatic carbocycles. The quantitative estimate of drug-likeness (QED) is 0.510. The highest BCUT2D eigenvalue weighted by Gasteiger charge is 2.59. The minimum absolute atomic E-state index is 0.0624. The number of hydrogen-bond acceptors (Lipinski definition) is 3. The smallest absolute Gasteiger partial charge is 0.305 e. The number of allylic oxidation sites excluding steroid dienone is 1. The van der Waals surface area contributed by atoms with E-state index in [9.17, 15) is 9.90 Å². The van der Waals surface area contributed by atoms with Gasteiger partial charge in [0.05, 0.1) is 13.2 Å². The largest absolute Gasteiger partial charge is 0.469 e. The third kappa shape index (κ3) is 3.16. The summed E-state index contributed by atoms with van der Waals surface area (Å²) < 4.78 is 4.87. The van der Waals surface area contributed by atoms with Gasteiger partial charge in [-0.15, -0.1) is 0 Å². The van der Waals surface area contributed by atoms with E-state index in [1.54, 1.807) is 5.57 Å². The number of hydrogen-bond donors (Lipinski definition) is 1. The molecule has 3 nitrogen and oxygen atoms in total. The molecule has 0 amide bonds. The second-order valence-electron chi connectivity index (χ2n) is 11.0. The fraction of sp³-hybridized carbons (Fsp3) is 0.880. The van der Waals surface area contributed by atoms with Gasteiger partial charge in [0.1, 0.15) is 0 Å². The molecule has 0 aromatic heterocycles. The third-order valence-corrected chi connectivity index (χ3v) is 9.87. The second kappa shape index (κ2) is 7.45. The molecule has 0 heterocycles. The Morgan fingerprint density at radius 2 is 2.00 bits per heavy atom. The minimum Gasteiger partial charge on any atom is -0.469 e. The maximum Gasteiger partial charge on any atom is 0.305 e. The van der Waals surface area contributed by atoms with E-state index in [1.165, 1.54) is 45.6 Å². The Morgan fingerprint density at radius 1 is 1.21 bits per heavy atom. The van der Waals surface area contributed by atoms with Gasteiger partial charge in [-0.2, -0.15) is 0 Å². The summed E-state index contributed by atoms with van der Waals surface area (Å²) in [5, 5.41) is 10.2. The fourth-order valence-corrected chi connectivity index (χ4v) is 8.27. The lowest BCUT2D eigenvalue weighted by Crippen LogP contribution is -2.50. The molecule has 0 unspecified atom stereocenters. The Labute approximate surface area is 171 Å². The van der Waals surface area contributed by atoms with Gasteiger partial charge in [-0.25, -0.2) is 0 Å². The molecule has 1 N–H and O–H groups in total. The van der Waals surface area contributed by atoms with Crippen LogP contribution in [-0.4, -0.2) is 24.3 Å². The van der Waals surface area contributed by atoms with Crippen molar-refractivity contribution in [3.63, 3.8) is 0 Å². The van der Waals surface area contributed by atoms with Crippen molar-refractivity contribution >= 4 is 5.97 Å². The highest BCUT2D eigenvalue weighted by atomic mass is 16.5. The van der Waals surface area contributed by atoms with Crippen LogP contribution in [0.5, 0.6) is 0 Å². The van der Waals surface area contributed by atoms with Gasteiger partial charge < -0.3 is 9.84 Å². The molecule has 4 aliphatic rings. The van der Waals surface area contributed by atoms with E-state index in [0.29, 0.717) is 23.2 Å². The van der Waals surface area contributed by atoms with E-state index in [0.717, 1.165) is 42.9 Å². The van der Waals surface area contributed by atoms with Gasteiger partial charge in [-0.3, -0.25) is 4.79 Å². The van der Waals surface area contributed by atoms with Gasteiger partial charge in [0.2, 0.25) is 0 Å². The first-order chi connectivity index (χ1) is 13.3. The molecule has 0 saturated heterocycles. The summed E-state index contributed by atoms with van der Waals surface area (Å²) in [6.45, 7) is 7.46. The van der Waals surface area contributed by atoms with E-state index in [1.807, 2.05) is 0 Å². The molecular weight excluding hydrogens is 348 g/mol. The number of esters is 1. The lowest BCUT2D eigenvalue weighted by molar-refractivity contribution is -0.141. The van der Waals surface area contributed by atoms with E-state index in [4.69, 9.17) is 4.74 Å². The van der Waals surface area contributed by atoms with Crippen molar-refractivity contribution in [2.75, 3.05) is 7.11 Å². The Bertz CT molecular complexity index is 640. The lowest BCUT2D eigenvalue weighted by atomic mass is 9.47. The Morgan fingerprint density at radius 3 is 2.75 bits per heavy atom. The van der Waals surface area contributed by atoms with Crippen LogP contribution in [0.3, 0.4) is 0 Å². The summed E-state index contributed by atoms with van der Waals surface area (Å²) in [5.74, 6) is 3.74. The van der Waals surface area contributed by atoms with Crippen LogP contribution in [0.4, 0.5) is 0 Å². The molecular formula is C25H40O3. The number of carbonyl (C=O) groups is 1. The molecule has 3 saturated carbocycles. The van der Waals surface area contributed by atoms with E-state index < -0.39 is 0 Å². The average Bonchev–Trinajstić information content (AvgIpc) is 3.03. The minimum atomic E-state index is -0.115. The summed E-state index contributed by atoms with van der Waals surface area (Å²) in [6.07, 6.45) is 13.6. The molecule has 158 valence electrons. The average molecular weight is 389 g/mol. The number of fused-ring (bicyclic) bond motifs is 5. The first kappa shape index (κ1) is 20.4. The molecule has 0 bridgehead atoms. The van der Waals surface area contributed by atoms with Crippen molar-refractivity contribution < 1.29 is 14.6 Å². The summed E-state index contributed by atoms with van der Waals surface area (Å²) >= 11 is 0. The van der Waals surface area contributed by atoms with Crippen molar-refractivity contribution in [1.82, 2.24) is 0 Å². The number of aliphatic hydroxyl groups is 1. The molecule has 0 aromatic carbocycles. The maximum atomic E-state index is 11.6. The monoisotopic (exact) mass is 388 g/mol. The standard InChI is InChI=1S/C25H40O3/c1-16(5-10-23(27)28-4)20-8-9-21-19-7-6-17-15-18(26)11-13-24(17,2)22(19)12-14-25(20,21)3/h6,16,18-22,26H,5,7-15H2,1-4H3/t16-,18+,19+,20-,21+,22+,24+,25-/m1/s1. The summed E-state index contributed by atoms with van der Waals surface area (Å²) in [5.41, 5.74) is 2.34. The Hall–Kier alpha value is -0.830. The van der Waals surface area contributed by atoms with Crippen LogP contribution in [0, 0.1) is 40.4 Å². The Balaban J connectivity index is 1.51. The van der Waals surface area contributed by atoms with Gasteiger partial charge in [-0.05, 0) is 98.2 Å². The zero-order valence-electron chi connectivity index (χ0n) is 18.4. The fourth-order valence-electron chi connectivity index (χ4n) is 8.27. The maximum absolute atomic E-state index is 11.6. The SMILES string of the molecule is COC(=O)CC[C@@H](C)[C@H]1CC[C@H]2[C@@H]3CC=C4C[C@@H](O)CC[C@]4(C)[C@H]3CC[C@]12C. The highest BCUT2D eigenvalue weighted by Crippen LogP contribution is 2.67. The number of ether oxygens (including phenoxy) is 1. The van der Waals surface area contributed by atoms with Gasteiger partial charge in [0.15, 0.2) is 0 Å². The molecule has 0 aromatic rings. The lowest BCUT2D eigenvalue weighted by Gasteiger charge is -2.58. The van der Waals surface area contributed by atoms with Crippen LogP contribution in [0.2, 0.25) is 0 Å². The van der Waals surface area contributed by atoms with Gasteiger partial charge in [0.25, 0.3) is 0 Å². The summed E-state index contributed by atoms with van der Waals surface area (Å²) in [4.78, 5) is 11.6. The molecule has 0 spiro atoms. The molecule has 8 atom stereocenters. The molecule has 3 fully saturated rings. The van der Waals surface area contributed by atoms with Gasteiger partial charge >= 0.3 is 5.97 Å². The first-order valence-corrected chi connectivity index (χ1v) is 11.7. The molecule has 28 heavy (non-hydrogen) atoms. The van der Waals surface area contributed by atoms with Crippen molar-refractivity contribution in [1.29, 1.82) is 0 Å². The Kier molecular flexibility index (Phi) is 5.44. The van der Waals surface area contributed by atoms with Crippen LogP contribution >= 0.6 is 0 Å². The predicted octanol–water partition coefficient (Wildman–Crippen LogP) is 5.52. The van der Waals surface area contributed by atoms with E-state index in [-0.39, 0.29) is 12.1 Å². The van der Waals surface area contributed by atoms with Crippen LogP contribution < -0.4 is 0 Å². The zero-order chi connectivity index (χ0) is 20.1. The number of rotatable bonds is 4. The van der Waals surface area contributed by atoms with Crippen LogP contribution in [0.25, 0.3) is 0 Å². The van der Waals surface area contributed by atoms with Crippen LogP contribution in [0.15, 0.2) is 11.6 Å². The first-order valence-electron chi connectivity index (χ1n) is 11.7. The topological polar surface area (TPSA) is 46.5 Å². The predicted molar refractivity (Wildman–Crippen MR) is 112 cm³/mol. The van der Waals surface area contributed by atoms with E-state index in [2.05, 4.69) is 26.8 Å². The summed E-state index contributed by atoms with van der Waals surface area (Å²) in [6, 6.07) is 0. The van der Waals surface area contributed by atoms with Crippen LogP contribution in [-0.2, 0) is 9.53 Å². The van der Waals surface area contributed by atoms with Crippen molar-refractivity contribution in [2.45, 2.75) is 91.1 Å². The van der Waals surface area contributed by atoms with Gasteiger partial charge in [0, 0.05) is 6.42 Å². The van der Waals surface area contributed by atoms with Crippen LogP contribution in [0.1, 0.15) is 85.0 Å². The molecule has 3 heteroatoms. The third-order valence-electron chi connectivity index (χ3n) is 9.87. The number of carbonyl (C=O) groups excluding carboxylic acids is 1. The van der Waals surface area contributed by atoms with Crippen molar-refractivity contribution in [2.24, 2.45) is 40.4 Å². The number of aliphatic hydroxyl groups excluding tert-OH is 1. The van der Waals surface area contributed by atoms with Gasteiger partial charge in [-0.1, -0.05) is 32.4 Å². The molecule has 0 radical (unpaired) electrons. The van der Waals surface area contributed by atoms with Crippen molar-refractivity contribution in [3.05, 3.63) is 11.6 Å². The summed E-state index contributed by atoms with van der Waals surface area (Å²) in [7, 11) is 1.50. The molecule has 4 rings (SSSR count). The number of methoxy groups -OCH3 is 1. The van der Waals surface area contributed by atoms with E-state index >= 15 is 0 Å².